The Labute approximate surface area is 137 Å². The molecule has 1 aromatic heterocycles. The van der Waals surface area contributed by atoms with E-state index in [-0.39, 0.29) is 0 Å². The third-order valence-corrected chi connectivity index (χ3v) is 4.31. The summed E-state index contributed by atoms with van der Waals surface area (Å²) < 4.78 is 12.3. The Kier molecular flexibility index (Phi) is 4.92. The van der Waals surface area contributed by atoms with Gasteiger partial charge in [0.1, 0.15) is 0 Å². The maximum Gasteiger partial charge on any atom is 0.402 e. The molecule has 118 valence electrons. The fourth-order valence-electron chi connectivity index (χ4n) is 2.69. The molecule has 3 aromatic rings. The van der Waals surface area contributed by atoms with E-state index in [1.54, 1.807) is 0 Å². The van der Waals surface area contributed by atoms with E-state index in [0.717, 1.165) is 47.5 Å². The minimum Gasteiger partial charge on any atom is -0.485 e. The van der Waals surface area contributed by atoms with E-state index >= 15 is 0 Å². The van der Waals surface area contributed by atoms with E-state index in [9.17, 15) is 0 Å². The Morgan fingerprint density at radius 3 is 2.35 bits per heavy atom. The molecule has 0 unspecified atom stereocenters. The quantitative estimate of drug-likeness (QED) is 0.506. The van der Waals surface area contributed by atoms with Gasteiger partial charge in [0, 0.05) is 12.1 Å². The van der Waals surface area contributed by atoms with Gasteiger partial charge in [-0.25, -0.2) is 4.42 Å². The summed E-state index contributed by atoms with van der Waals surface area (Å²) in [6.45, 7) is 5.14. The summed E-state index contributed by atoms with van der Waals surface area (Å²) in [5.41, 5.74) is 1.92. The van der Waals surface area contributed by atoms with E-state index in [1.807, 2.05) is 36.4 Å². The van der Waals surface area contributed by atoms with Gasteiger partial charge in [0.05, 0.1) is 17.6 Å². The third-order valence-electron chi connectivity index (χ3n) is 4.31. The number of para-hydroxylation sites is 1. The zero-order chi connectivity index (χ0) is 16.1. The Morgan fingerprint density at radius 2 is 1.61 bits per heavy atom. The minimum absolute atomic E-state index is 0.574. The first kappa shape index (κ1) is 15.5. The van der Waals surface area contributed by atoms with Crippen molar-refractivity contribution in [1.82, 2.24) is 0 Å². The van der Waals surface area contributed by atoms with Crippen LogP contribution in [0.3, 0.4) is 0 Å². The standard InChI is InChI=1S/C21H23O2/c1-3-16(4-2)15-22-20-14-18-12-8-9-13-19(18)23-21(20)17-10-6-5-7-11-17/h5-14,16H,3-4,15H2,1-2H3/q+1. The summed E-state index contributed by atoms with van der Waals surface area (Å²) in [7, 11) is 0. The van der Waals surface area contributed by atoms with Crippen LogP contribution in [-0.4, -0.2) is 6.61 Å². The third kappa shape index (κ3) is 3.53. The molecule has 0 fully saturated rings. The number of fused-ring (bicyclic) bond motifs is 1. The second-order valence-corrected chi connectivity index (χ2v) is 5.84. The highest BCUT2D eigenvalue weighted by Crippen LogP contribution is 2.34. The highest BCUT2D eigenvalue weighted by Gasteiger charge is 2.23. The van der Waals surface area contributed by atoms with Crippen LogP contribution in [0.2, 0.25) is 0 Å². The maximum atomic E-state index is 6.15. The lowest BCUT2D eigenvalue weighted by Crippen LogP contribution is -2.10. The van der Waals surface area contributed by atoms with Crippen molar-refractivity contribution in [2.75, 3.05) is 6.61 Å². The molecule has 2 aromatic carbocycles. The Hall–Kier alpha value is -2.35. The molecule has 3 rings (SSSR count). The predicted octanol–water partition coefficient (Wildman–Crippen LogP) is 6.20. The van der Waals surface area contributed by atoms with E-state index in [1.165, 1.54) is 0 Å². The molecule has 0 saturated carbocycles. The largest absolute Gasteiger partial charge is 0.485 e. The number of benzene rings is 2. The van der Waals surface area contributed by atoms with E-state index in [0.29, 0.717) is 5.92 Å². The lowest BCUT2D eigenvalue weighted by Gasteiger charge is -2.13. The van der Waals surface area contributed by atoms with Crippen molar-refractivity contribution < 1.29 is 9.15 Å². The predicted molar refractivity (Wildman–Crippen MR) is 95.6 cm³/mol. The molecule has 2 nitrogen and oxygen atoms in total. The van der Waals surface area contributed by atoms with Crippen LogP contribution in [0.25, 0.3) is 22.3 Å². The van der Waals surface area contributed by atoms with Gasteiger partial charge in [-0.1, -0.05) is 57.0 Å². The van der Waals surface area contributed by atoms with Crippen molar-refractivity contribution >= 4 is 11.0 Å². The molecular weight excluding hydrogens is 284 g/mol. The van der Waals surface area contributed by atoms with Gasteiger partial charge in [0.25, 0.3) is 0 Å². The van der Waals surface area contributed by atoms with Gasteiger partial charge in [-0.15, -0.1) is 0 Å². The number of ether oxygens (including phenoxy) is 1. The second kappa shape index (κ2) is 7.28. The molecule has 0 radical (unpaired) electrons. The molecule has 0 bridgehead atoms. The summed E-state index contributed by atoms with van der Waals surface area (Å²) in [4.78, 5) is 0. The zero-order valence-electron chi connectivity index (χ0n) is 13.8. The molecule has 0 atom stereocenters. The molecule has 0 amide bonds. The summed E-state index contributed by atoms with van der Waals surface area (Å²) in [5.74, 6) is 2.20. The monoisotopic (exact) mass is 307 g/mol. The molecule has 0 N–H and O–H groups in total. The van der Waals surface area contributed by atoms with Crippen LogP contribution < -0.4 is 4.74 Å². The smallest absolute Gasteiger partial charge is 0.402 e. The number of hydrogen-bond acceptors (Lipinski definition) is 1. The van der Waals surface area contributed by atoms with Gasteiger partial charge >= 0.3 is 11.3 Å². The van der Waals surface area contributed by atoms with E-state index in [4.69, 9.17) is 9.15 Å². The highest BCUT2D eigenvalue weighted by molar-refractivity contribution is 5.82. The van der Waals surface area contributed by atoms with Crippen molar-refractivity contribution in [3.05, 3.63) is 60.7 Å². The fourth-order valence-corrected chi connectivity index (χ4v) is 2.69. The van der Waals surface area contributed by atoms with Crippen LogP contribution in [0.5, 0.6) is 5.75 Å². The second-order valence-electron chi connectivity index (χ2n) is 5.84. The maximum absolute atomic E-state index is 6.15. The summed E-state index contributed by atoms with van der Waals surface area (Å²) >= 11 is 0. The lowest BCUT2D eigenvalue weighted by molar-refractivity contribution is 0.238. The number of hydrogen-bond donors (Lipinski definition) is 0. The molecule has 0 aliphatic rings. The molecule has 0 spiro atoms. The molecule has 0 aliphatic heterocycles. The van der Waals surface area contributed by atoms with Crippen molar-refractivity contribution in [1.29, 1.82) is 0 Å². The average Bonchev–Trinajstić information content (AvgIpc) is 2.62. The van der Waals surface area contributed by atoms with E-state index in [2.05, 4.69) is 38.1 Å². The lowest BCUT2D eigenvalue weighted by atomic mass is 10.1. The van der Waals surface area contributed by atoms with Gasteiger partial charge < -0.3 is 4.74 Å². The molecular formula is C21H23O2+. The van der Waals surface area contributed by atoms with Gasteiger partial charge in [-0.2, -0.15) is 0 Å². The highest BCUT2D eigenvalue weighted by atomic mass is 16.5. The van der Waals surface area contributed by atoms with Gasteiger partial charge in [-0.05, 0) is 24.1 Å². The Morgan fingerprint density at radius 1 is 0.913 bits per heavy atom. The number of rotatable bonds is 6. The zero-order valence-corrected chi connectivity index (χ0v) is 13.8. The van der Waals surface area contributed by atoms with Crippen LogP contribution in [0, 0.1) is 5.92 Å². The SMILES string of the molecule is CCC(CC)COc1cc2ccccc2[o+]c1-c1ccccc1. The van der Waals surface area contributed by atoms with Crippen LogP contribution in [0.15, 0.2) is 65.1 Å². The van der Waals surface area contributed by atoms with Crippen LogP contribution >= 0.6 is 0 Å². The van der Waals surface area contributed by atoms with Crippen LogP contribution in [0.4, 0.5) is 0 Å². The van der Waals surface area contributed by atoms with Crippen LogP contribution in [0.1, 0.15) is 26.7 Å². The van der Waals surface area contributed by atoms with Crippen molar-refractivity contribution in [2.45, 2.75) is 26.7 Å². The van der Waals surface area contributed by atoms with Crippen molar-refractivity contribution in [2.24, 2.45) is 5.92 Å². The molecule has 23 heavy (non-hydrogen) atoms. The summed E-state index contributed by atoms with van der Waals surface area (Å²) in [5, 5.41) is 1.06. The topological polar surface area (TPSA) is 20.5 Å². The molecule has 0 saturated heterocycles. The molecule has 1 heterocycles. The average molecular weight is 307 g/mol. The fraction of sp³-hybridized carbons (Fsp3) is 0.286. The van der Waals surface area contributed by atoms with Crippen LogP contribution in [-0.2, 0) is 0 Å². The first-order valence-corrected chi connectivity index (χ1v) is 8.36. The van der Waals surface area contributed by atoms with Gasteiger partial charge in [0.15, 0.2) is 0 Å². The Balaban J connectivity index is 2.02. The normalized spacial score (nSPS) is 11.1. The summed E-state index contributed by atoms with van der Waals surface area (Å²) in [6, 6.07) is 20.3. The minimum atomic E-state index is 0.574. The van der Waals surface area contributed by atoms with Gasteiger partial charge in [-0.3, -0.25) is 0 Å². The summed E-state index contributed by atoms with van der Waals surface area (Å²) in [6.07, 6.45) is 2.25. The molecule has 0 aliphatic carbocycles. The first-order chi connectivity index (χ1) is 11.3. The van der Waals surface area contributed by atoms with Gasteiger partial charge in [0.2, 0.25) is 5.75 Å². The van der Waals surface area contributed by atoms with Crippen molar-refractivity contribution in [3.8, 4) is 17.1 Å². The first-order valence-electron chi connectivity index (χ1n) is 8.36. The van der Waals surface area contributed by atoms with E-state index < -0.39 is 0 Å². The van der Waals surface area contributed by atoms with Crippen molar-refractivity contribution in [3.63, 3.8) is 0 Å². The Bertz CT molecular complexity index is 761. The molecule has 2 heteroatoms.